The highest BCUT2D eigenvalue weighted by Gasteiger charge is 2.34. The third kappa shape index (κ3) is 7.39. The average Bonchev–Trinajstić information content (AvgIpc) is 3.05. The molecule has 10 nitrogen and oxygen atoms in total. The monoisotopic (exact) mass is 494 g/mol. The summed E-state index contributed by atoms with van der Waals surface area (Å²) < 4.78 is 5.11. The van der Waals surface area contributed by atoms with Gasteiger partial charge in [0.25, 0.3) is 11.8 Å². The number of nitrogens with zero attached hydrogens (tertiary/aromatic N) is 1. The highest BCUT2D eigenvalue weighted by molar-refractivity contribution is 6.21. The van der Waals surface area contributed by atoms with Crippen molar-refractivity contribution >= 4 is 35.4 Å². The molecule has 10 heteroatoms. The highest BCUT2D eigenvalue weighted by Crippen LogP contribution is 2.22. The van der Waals surface area contributed by atoms with Gasteiger partial charge in [-0.3, -0.25) is 24.1 Å². The molecule has 1 aliphatic rings. The SMILES string of the molecule is CC(C)(C)OC(=O)NCCC(=O)NCc1cccc(NC(=O)CCN2C(=O)c3ccccc3C2=O)c1. The first kappa shape index (κ1) is 26.4. The van der Waals surface area contributed by atoms with Crippen molar-refractivity contribution in [2.45, 2.75) is 45.8 Å². The van der Waals surface area contributed by atoms with Crippen LogP contribution in [0.3, 0.4) is 0 Å². The van der Waals surface area contributed by atoms with Crippen LogP contribution in [0.2, 0.25) is 0 Å². The second-order valence-corrected chi connectivity index (χ2v) is 9.26. The van der Waals surface area contributed by atoms with Crippen LogP contribution < -0.4 is 16.0 Å². The number of anilines is 1. The van der Waals surface area contributed by atoms with Crippen molar-refractivity contribution < 1.29 is 28.7 Å². The molecule has 0 saturated heterocycles. The molecule has 2 aromatic rings. The smallest absolute Gasteiger partial charge is 0.407 e. The van der Waals surface area contributed by atoms with Crippen molar-refractivity contribution in [3.05, 3.63) is 65.2 Å². The van der Waals surface area contributed by atoms with E-state index in [1.54, 1.807) is 69.3 Å². The van der Waals surface area contributed by atoms with Crippen LogP contribution in [0.1, 0.15) is 59.9 Å². The minimum absolute atomic E-state index is 0.0226. The quantitative estimate of drug-likeness (QED) is 0.459. The normalized spacial score (nSPS) is 12.7. The number of imide groups is 1. The van der Waals surface area contributed by atoms with E-state index in [4.69, 9.17) is 4.74 Å². The molecule has 36 heavy (non-hydrogen) atoms. The molecule has 190 valence electrons. The molecule has 1 aliphatic heterocycles. The Morgan fingerprint density at radius 3 is 2.17 bits per heavy atom. The van der Waals surface area contributed by atoms with E-state index in [-0.39, 0.29) is 44.3 Å². The van der Waals surface area contributed by atoms with Gasteiger partial charge in [0.2, 0.25) is 11.8 Å². The van der Waals surface area contributed by atoms with Gasteiger partial charge in [0.1, 0.15) is 5.60 Å². The molecular weight excluding hydrogens is 464 g/mol. The van der Waals surface area contributed by atoms with Gasteiger partial charge in [-0.2, -0.15) is 0 Å². The topological polar surface area (TPSA) is 134 Å². The molecule has 2 aromatic carbocycles. The van der Waals surface area contributed by atoms with Gasteiger partial charge in [-0.1, -0.05) is 24.3 Å². The van der Waals surface area contributed by atoms with Crippen LogP contribution in [-0.2, 0) is 20.9 Å². The maximum absolute atomic E-state index is 12.4. The Labute approximate surface area is 209 Å². The summed E-state index contributed by atoms with van der Waals surface area (Å²) in [4.78, 5) is 62.0. The molecule has 0 aliphatic carbocycles. The van der Waals surface area contributed by atoms with Gasteiger partial charge in [0, 0.05) is 38.2 Å². The number of alkyl carbamates (subject to hydrolysis) is 1. The van der Waals surface area contributed by atoms with Crippen LogP contribution in [0.15, 0.2) is 48.5 Å². The molecule has 0 unspecified atom stereocenters. The number of nitrogens with one attached hydrogen (secondary N) is 3. The molecule has 3 N–H and O–H groups in total. The predicted octanol–water partition coefficient (Wildman–Crippen LogP) is 2.84. The lowest BCUT2D eigenvalue weighted by Gasteiger charge is -2.19. The summed E-state index contributed by atoms with van der Waals surface area (Å²) in [5.41, 5.74) is 1.38. The number of hydrogen-bond donors (Lipinski definition) is 3. The first-order valence-corrected chi connectivity index (χ1v) is 11.6. The second kappa shape index (κ2) is 11.5. The summed E-state index contributed by atoms with van der Waals surface area (Å²) in [7, 11) is 0. The number of hydrogen-bond acceptors (Lipinski definition) is 6. The Kier molecular flexibility index (Phi) is 8.42. The molecule has 0 bridgehead atoms. The molecular formula is C26H30N4O6. The van der Waals surface area contributed by atoms with E-state index in [0.29, 0.717) is 16.8 Å². The van der Waals surface area contributed by atoms with Crippen molar-refractivity contribution in [1.82, 2.24) is 15.5 Å². The number of fused-ring (bicyclic) bond motifs is 1. The Morgan fingerprint density at radius 1 is 0.861 bits per heavy atom. The van der Waals surface area contributed by atoms with Crippen molar-refractivity contribution in [2.24, 2.45) is 0 Å². The van der Waals surface area contributed by atoms with E-state index < -0.39 is 23.5 Å². The van der Waals surface area contributed by atoms with Crippen molar-refractivity contribution in [3.8, 4) is 0 Å². The predicted molar refractivity (Wildman–Crippen MR) is 132 cm³/mol. The molecule has 0 saturated carbocycles. The lowest BCUT2D eigenvalue weighted by molar-refractivity contribution is -0.121. The van der Waals surface area contributed by atoms with Gasteiger partial charge in [-0.05, 0) is 50.6 Å². The summed E-state index contributed by atoms with van der Waals surface area (Å²) >= 11 is 0. The number of carbonyl (C=O) groups excluding carboxylic acids is 5. The molecule has 0 aromatic heterocycles. The minimum Gasteiger partial charge on any atom is -0.444 e. The van der Waals surface area contributed by atoms with E-state index in [9.17, 15) is 24.0 Å². The van der Waals surface area contributed by atoms with Crippen LogP contribution in [0.4, 0.5) is 10.5 Å². The average molecular weight is 495 g/mol. The number of rotatable bonds is 9. The maximum Gasteiger partial charge on any atom is 0.407 e. The maximum atomic E-state index is 12.4. The summed E-state index contributed by atoms with van der Waals surface area (Å²) in [5, 5.41) is 8.03. The van der Waals surface area contributed by atoms with Crippen LogP contribution in [0.25, 0.3) is 0 Å². The standard InChI is InChI=1S/C26H30N4O6/c1-26(2,3)36-25(35)27-13-11-21(31)28-16-17-7-6-8-18(15-17)29-22(32)12-14-30-23(33)19-9-4-5-10-20(19)24(30)34/h4-10,15H,11-14,16H2,1-3H3,(H,27,35)(H,28,31)(H,29,32). The van der Waals surface area contributed by atoms with Crippen LogP contribution in [0.5, 0.6) is 0 Å². The van der Waals surface area contributed by atoms with Crippen molar-refractivity contribution in [2.75, 3.05) is 18.4 Å². The molecule has 0 radical (unpaired) electrons. The lowest BCUT2D eigenvalue weighted by atomic mass is 10.1. The summed E-state index contributed by atoms with van der Waals surface area (Å²) in [6.07, 6.45) is -0.536. The Morgan fingerprint density at radius 2 is 1.53 bits per heavy atom. The largest absolute Gasteiger partial charge is 0.444 e. The van der Waals surface area contributed by atoms with Gasteiger partial charge in [0.05, 0.1) is 11.1 Å². The second-order valence-electron chi connectivity index (χ2n) is 9.26. The van der Waals surface area contributed by atoms with E-state index >= 15 is 0 Å². The third-order valence-corrected chi connectivity index (χ3v) is 5.16. The zero-order valence-corrected chi connectivity index (χ0v) is 20.6. The molecule has 0 fully saturated rings. The fraction of sp³-hybridized carbons (Fsp3) is 0.346. The fourth-order valence-electron chi connectivity index (χ4n) is 3.52. The first-order chi connectivity index (χ1) is 17.0. The summed E-state index contributed by atoms with van der Waals surface area (Å²) in [5.74, 6) is -1.40. The van der Waals surface area contributed by atoms with Gasteiger partial charge in [-0.25, -0.2) is 4.79 Å². The molecule has 3 rings (SSSR count). The molecule has 0 spiro atoms. The van der Waals surface area contributed by atoms with Crippen molar-refractivity contribution in [1.29, 1.82) is 0 Å². The Bertz CT molecular complexity index is 1140. The third-order valence-electron chi connectivity index (χ3n) is 5.16. The number of benzene rings is 2. The number of amides is 5. The van der Waals surface area contributed by atoms with Crippen LogP contribution >= 0.6 is 0 Å². The summed E-state index contributed by atoms with van der Waals surface area (Å²) in [6, 6.07) is 13.5. The van der Waals surface area contributed by atoms with Crippen LogP contribution in [-0.4, -0.2) is 53.3 Å². The first-order valence-electron chi connectivity index (χ1n) is 11.6. The van der Waals surface area contributed by atoms with Gasteiger partial charge in [-0.15, -0.1) is 0 Å². The zero-order valence-electron chi connectivity index (χ0n) is 20.6. The van der Waals surface area contributed by atoms with Gasteiger partial charge in [0.15, 0.2) is 0 Å². The van der Waals surface area contributed by atoms with E-state index in [2.05, 4.69) is 16.0 Å². The summed E-state index contributed by atoms with van der Waals surface area (Å²) in [6.45, 7) is 5.62. The number of carbonyl (C=O) groups is 5. The van der Waals surface area contributed by atoms with Gasteiger partial charge < -0.3 is 20.7 Å². The highest BCUT2D eigenvalue weighted by atomic mass is 16.6. The molecule has 5 amide bonds. The van der Waals surface area contributed by atoms with E-state index in [1.807, 2.05) is 0 Å². The Balaban J connectivity index is 1.41. The fourth-order valence-corrected chi connectivity index (χ4v) is 3.52. The van der Waals surface area contributed by atoms with Crippen LogP contribution in [0, 0.1) is 0 Å². The lowest BCUT2D eigenvalue weighted by Crippen LogP contribution is -2.35. The zero-order chi connectivity index (χ0) is 26.3. The molecule has 1 heterocycles. The van der Waals surface area contributed by atoms with Gasteiger partial charge >= 0.3 is 6.09 Å². The number of ether oxygens (including phenoxy) is 1. The van der Waals surface area contributed by atoms with E-state index in [1.165, 1.54) is 0 Å². The molecule has 0 atom stereocenters. The van der Waals surface area contributed by atoms with E-state index in [0.717, 1.165) is 10.5 Å². The minimum atomic E-state index is -0.609. The van der Waals surface area contributed by atoms with Crippen molar-refractivity contribution in [3.63, 3.8) is 0 Å². The Hall–Kier alpha value is -4.21.